The molecule has 0 bridgehead atoms. The second-order valence-corrected chi connectivity index (χ2v) is 7.28. The van der Waals surface area contributed by atoms with E-state index >= 15 is 0 Å². The first-order valence-electron chi connectivity index (χ1n) is 6.76. The summed E-state index contributed by atoms with van der Waals surface area (Å²) in [5, 5.41) is 4.82. The van der Waals surface area contributed by atoms with Gasteiger partial charge in [0.25, 0.3) is 5.56 Å². The van der Waals surface area contributed by atoms with Crippen LogP contribution in [0.15, 0.2) is 22.4 Å². The minimum absolute atomic E-state index is 0.0146. The Hall–Kier alpha value is -1.34. The van der Waals surface area contributed by atoms with E-state index in [9.17, 15) is 9.59 Å². The summed E-state index contributed by atoms with van der Waals surface area (Å²) in [6.07, 6.45) is 2.60. The monoisotopic (exact) mass is 325 g/mol. The third kappa shape index (κ3) is 4.31. The zero-order valence-corrected chi connectivity index (χ0v) is 14.0. The van der Waals surface area contributed by atoms with Gasteiger partial charge in [0, 0.05) is 28.9 Å². The summed E-state index contributed by atoms with van der Waals surface area (Å²) < 4.78 is 1.52. The second-order valence-electron chi connectivity index (χ2n) is 5.42. The first-order chi connectivity index (χ1) is 9.91. The van der Waals surface area contributed by atoms with Crippen LogP contribution in [0.4, 0.5) is 0 Å². The molecule has 2 aromatic rings. The van der Waals surface area contributed by atoms with Crippen LogP contribution >= 0.6 is 23.1 Å². The normalized spacial score (nSPS) is 11.8. The summed E-state index contributed by atoms with van der Waals surface area (Å²) in [6.45, 7) is 6.05. The number of carbonyl (C=O) groups excluding carboxylic acids is 1. The van der Waals surface area contributed by atoms with Crippen LogP contribution in [0.2, 0.25) is 0 Å². The van der Waals surface area contributed by atoms with Crippen molar-refractivity contribution in [3.05, 3.63) is 33.7 Å². The number of thioether (sulfide) groups is 1. The predicted molar refractivity (Wildman–Crippen MR) is 88.0 cm³/mol. The molecular weight excluding hydrogens is 306 g/mol. The first-order valence-corrected chi connectivity index (χ1v) is 8.79. The van der Waals surface area contributed by atoms with Crippen molar-refractivity contribution in [2.45, 2.75) is 38.5 Å². The van der Waals surface area contributed by atoms with Crippen LogP contribution in [-0.4, -0.2) is 26.6 Å². The number of rotatable bonds is 6. The summed E-state index contributed by atoms with van der Waals surface area (Å²) in [7, 11) is 0. The van der Waals surface area contributed by atoms with E-state index in [1.807, 2.05) is 26.2 Å². The van der Waals surface area contributed by atoms with Crippen LogP contribution in [0.3, 0.4) is 0 Å². The molecule has 7 heteroatoms. The molecule has 0 fully saturated rings. The lowest BCUT2D eigenvalue weighted by atomic mass is 10.0. The van der Waals surface area contributed by atoms with E-state index in [-0.39, 0.29) is 17.0 Å². The van der Waals surface area contributed by atoms with Crippen LogP contribution in [0.5, 0.6) is 0 Å². The summed E-state index contributed by atoms with van der Waals surface area (Å²) in [6, 6.07) is 1.53. The average molecular weight is 325 g/mol. The van der Waals surface area contributed by atoms with Gasteiger partial charge in [0.1, 0.15) is 0 Å². The van der Waals surface area contributed by atoms with Crippen molar-refractivity contribution in [1.29, 1.82) is 0 Å². The fraction of sp³-hybridized carbons (Fsp3) is 0.500. The van der Waals surface area contributed by atoms with E-state index < -0.39 is 0 Å². The molecular formula is C14H19N3O2S2. The predicted octanol–water partition coefficient (Wildman–Crippen LogP) is 2.29. The Balaban J connectivity index is 1.90. The smallest absolute Gasteiger partial charge is 0.258 e. The number of fused-ring (bicyclic) bond motifs is 1. The minimum atomic E-state index is -0.176. The van der Waals surface area contributed by atoms with E-state index in [1.165, 1.54) is 33.6 Å². The van der Waals surface area contributed by atoms with Gasteiger partial charge in [-0.2, -0.15) is 0 Å². The number of nitrogens with one attached hydrogen (secondary N) is 1. The van der Waals surface area contributed by atoms with Crippen molar-refractivity contribution in [3.8, 4) is 0 Å². The van der Waals surface area contributed by atoms with Crippen LogP contribution in [-0.2, 0) is 10.5 Å². The van der Waals surface area contributed by atoms with Crippen molar-refractivity contribution in [3.63, 3.8) is 0 Å². The van der Waals surface area contributed by atoms with Gasteiger partial charge in [-0.1, -0.05) is 6.92 Å². The van der Waals surface area contributed by atoms with Gasteiger partial charge in [-0.05, 0) is 20.3 Å². The molecule has 21 heavy (non-hydrogen) atoms. The van der Waals surface area contributed by atoms with Crippen LogP contribution < -0.4 is 10.9 Å². The van der Waals surface area contributed by atoms with Crippen molar-refractivity contribution in [2.24, 2.45) is 0 Å². The maximum atomic E-state index is 11.8. The number of thiazole rings is 1. The number of carbonyl (C=O) groups is 1. The molecule has 0 saturated heterocycles. The Morgan fingerprint density at radius 3 is 3.00 bits per heavy atom. The Bertz CT molecular complexity index is 691. The molecule has 2 heterocycles. The molecule has 2 aromatic heterocycles. The fourth-order valence-electron chi connectivity index (χ4n) is 1.71. The highest BCUT2D eigenvalue weighted by atomic mass is 32.2. The fourth-order valence-corrected chi connectivity index (χ4v) is 3.17. The van der Waals surface area contributed by atoms with Crippen molar-refractivity contribution in [2.75, 3.05) is 5.75 Å². The van der Waals surface area contributed by atoms with E-state index in [2.05, 4.69) is 10.3 Å². The SMILES string of the molecule is CCC(C)(C)NC(=O)CSCc1cc(=O)n2ccsc2n1. The summed E-state index contributed by atoms with van der Waals surface area (Å²) in [4.78, 5) is 28.8. The topological polar surface area (TPSA) is 63.5 Å². The molecule has 0 aromatic carbocycles. The van der Waals surface area contributed by atoms with Gasteiger partial charge in [0.05, 0.1) is 11.4 Å². The maximum absolute atomic E-state index is 11.8. The van der Waals surface area contributed by atoms with Crippen LogP contribution in [0, 0.1) is 0 Å². The van der Waals surface area contributed by atoms with Gasteiger partial charge in [-0.25, -0.2) is 4.98 Å². The van der Waals surface area contributed by atoms with Gasteiger partial charge < -0.3 is 5.32 Å². The number of hydrogen-bond donors (Lipinski definition) is 1. The Morgan fingerprint density at radius 1 is 1.52 bits per heavy atom. The first kappa shape index (κ1) is 16.0. The molecule has 0 aliphatic carbocycles. The van der Waals surface area contributed by atoms with E-state index in [0.717, 1.165) is 12.1 Å². The quantitative estimate of drug-likeness (QED) is 0.885. The van der Waals surface area contributed by atoms with E-state index in [0.29, 0.717) is 16.5 Å². The Morgan fingerprint density at radius 2 is 2.29 bits per heavy atom. The van der Waals surface area contributed by atoms with Gasteiger partial charge in [-0.15, -0.1) is 23.1 Å². The molecule has 0 spiro atoms. The lowest BCUT2D eigenvalue weighted by Gasteiger charge is -2.24. The molecule has 0 saturated carbocycles. The van der Waals surface area contributed by atoms with Crippen LogP contribution in [0.1, 0.15) is 32.9 Å². The zero-order chi connectivity index (χ0) is 15.5. The molecule has 0 aliphatic rings. The number of hydrogen-bond acceptors (Lipinski definition) is 5. The lowest BCUT2D eigenvalue weighted by molar-refractivity contribution is -0.120. The third-order valence-corrected chi connectivity index (χ3v) is 4.92. The molecule has 1 amide bonds. The lowest BCUT2D eigenvalue weighted by Crippen LogP contribution is -2.43. The third-order valence-electron chi connectivity index (χ3n) is 3.20. The summed E-state index contributed by atoms with van der Waals surface area (Å²) in [5.74, 6) is 0.944. The number of aromatic nitrogens is 2. The van der Waals surface area contributed by atoms with Gasteiger partial charge in [0.15, 0.2) is 4.96 Å². The zero-order valence-electron chi connectivity index (χ0n) is 12.4. The molecule has 1 N–H and O–H groups in total. The van der Waals surface area contributed by atoms with E-state index in [1.54, 1.807) is 6.20 Å². The maximum Gasteiger partial charge on any atom is 0.258 e. The van der Waals surface area contributed by atoms with Gasteiger partial charge in [-0.3, -0.25) is 14.0 Å². The van der Waals surface area contributed by atoms with Crippen molar-refractivity contribution >= 4 is 34.0 Å². The summed E-state index contributed by atoms with van der Waals surface area (Å²) >= 11 is 2.90. The largest absolute Gasteiger partial charge is 0.351 e. The Labute approximate surface area is 131 Å². The van der Waals surface area contributed by atoms with E-state index in [4.69, 9.17) is 0 Å². The molecule has 0 unspecified atom stereocenters. The number of amides is 1. The molecule has 0 aliphatic heterocycles. The average Bonchev–Trinajstić information content (AvgIpc) is 2.87. The molecule has 0 atom stereocenters. The molecule has 2 rings (SSSR count). The second kappa shape index (κ2) is 6.62. The van der Waals surface area contributed by atoms with Crippen molar-refractivity contribution in [1.82, 2.24) is 14.7 Å². The minimum Gasteiger partial charge on any atom is -0.351 e. The van der Waals surface area contributed by atoms with Gasteiger partial charge >= 0.3 is 0 Å². The Kier molecular flexibility index (Phi) is 5.05. The highest BCUT2D eigenvalue weighted by Gasteiger charge is 2.17. The molecule has 0 radical (unpaired) electrons. The van der Waals surface area contributed by atoms with Crippen LogP contribution in [0.25, 0.3) is 4.96 Å². The highest BCUT2D eigenvalue weighted by Crippen LogP contribution is 2.13. The highest BCUT2D eigenvalue weighted by molar-refractivity contribution is 7.99. The number of nitrogens with zero attached hydrogens (tertiary/aromatic N) is 2. The molecule has 114 valence electrons. The summed E-state index contributed by atoms with van der Waals surface area (Å²) in [5.41, 5.74) is 0.466. The van der Waals surface area contributed by atoms with Crippen molar-refractivity contribution < 1.29 is 4.79 Å². The molecule has 5 nitrogen and oxygen atoms in total. The van der Waals surface area contributed by atoms with Gasteiger partial charge in [0.2, 0.25) is 5.91 Å². The standard InChI is InChI=1S/C14H19N3O2S2/c1-4-14(2,3)16-11(18)9-20-8-10-7-12(19)17-5-6-21-13(17)15-10/h5-7H,4,8-9H2,1-3H3,(H,16,18).